The van der Waals surface area contributed by atoms with Gasteiger partial charge in [-0.15, -0.1) is 0 Å². The Morgan fingerprint density at radius 1 is 1.06 bits per heavy atom. The zero-order valence-electron chi connectivity index (χ0n) is 18.4. The van der Waals surface area contributed by atoms with E-state index >= 15 is 0 Å². The van der Waals surface area contributed by atoms with E-state index in [0.717, 1.165) is 61.0 Å². The van der Waals surface area contributed by atoms with Crippen molar-refractivity contribution in [2.24, 2.45) is 5.10 Å². The molecule has 1 spiro atoms. The van der Waals surface area contributed by atoms with Gasteiger partial charge < -0.3 is 9.88 Å². The molecule has 2 aliphatic heterocycles. The number of rotatable bonds is 2. The number of hydrogen-bond acceptors (Lipinski definition) is 3. The number of hydrazone groups is 1. The van der Waals surface area contributed by atoms with Crippen molar-refractivity contribution in [3.63, 3.8) is 0 Å². The van der Waals surface area contributed by atoms with Crippen molar-refractivity contribution in [2.75, 3.05) is 12.0 Å². The maximum Gasteiger partial charge on any atom is 0.416 e. The number of halogens is 4. The predicted molar refractivity (Wildman–Crippen MR) is 124 cm³/mol. The number of aromatic nitrogens is 1. The summed E-state index contributed by atoms with van der Waals surface area (Å²) in [7, 11) is 0. The van der Waals surface area contributed by atoms with Gasteiger partial charge in [0.1, 0.15) is 5.82 Å². The quantitative estimate of drug-likeness (QED) is 0.343. The van der Waals surface area contributed by atoms with Crippen LogP contribution >= 0.6 is 0 Å². The highest BCUT2D eigenvalue weighted by molar-refractivity contribution is 5.96. The van der Waals surface area contributed by atoms with E-state index in [-0.39, 0.29) is 17.4 Å². The van der Waals surface area contributed by atoms with E-state index in [4.69, 9.17) is 0 Å². The van der Waals surface area contributed by atoms with Gasteiger partial charge in [0.25, 0.3) is 0 Å². The molecule has 2 aromatic carbocycles. The SMILES string of the molecule is Fc1ccc2c3c4n(c2c1)[C@@]1(C=C/C(=N\Nc2ccc(C(F)(F)F)cc2)CC1)CC[C@@H]4NCC3. The summed E-state index contributed by atoms with van der Waals surface area (Å²) in [6.45, 7) is 0.934. The summed E-state index contributed by atoms with van der Waals surface area (Å²) in [6, 6.07) is 10.2. The molecule has 3 aromatic rings. The first-order chi connectivity index (χ1) is 16.3. The molecule has 0 saturated carbocycles. The van der Waals surface area contributed by atoms with E-state index in [2.05, 4.69) is 26.5 Å². The van der Waals surface area contributed by atoms with Gasteiger partial charge in [0.2, 0.25) is 0 Å². The molecule has 0 fully saturated rings. The number of nitrogens with zero attached hydrogens (tertiary/aromatic N) is 2. The Balaban J connectivity index is 1.31. The first kappa shape index (κ1) is 21.4. The van der Waals surface area contributed by atoms with Crippen LogP contribution in [0.2, 0.25) is 0 Å². The Bertz CT molecular complexity index is 1320. The van der Waals surface area contributed by atoms with Crippen molar-refractivity contribution in [2.45, 2.75) is 49.9 Å². The summed E-state index contributed by atoms with van der Waals surface area (Å²) >= 11 is 0. The average molecular weight is 468 g/mol. The van der Waals surface area contributed by atoms with Crippen molar-refractivity contribution in [3.05, 3.63) is 77.3 Å². The van der Waals surface area contributed by atoms with Crippen molar-refractivity contribution in [1.29, 1.82) is 0 Å². The van der Waals surface area contributed by atoms with Crippen molar-refractivity contribution < 1.29 is 17.6 Å². The van der Waals surface area contributed by atoms with Crippen LogP contribution in [0.5, 0.6) is 0 Å². The van der Waals surface area contributed by atoms with Crippen molar-refractivity contribution in [1.82, 2.24) is 9.88 Å². The van der Waals surface area contributed by atoms with E-state index in [9.17, 15) is 17.6 Å². The van der Waals surface area contributed by atoms with Gasteiger partial charge in [-0.3, -0.25) is 5.43 Å². The first-order valence-electron chi connectivity index (χ1n) is 11.6. The third-order valence-corrected chi connectivity index (χ3v) is 7.42. The minimum absolute atomic E-state index is 0.230. The molecule has 0 radical (unpaired) electrons. The molecule has 2 atom stereocenters. The lowest BCUT2D eigenvalue weighted by molar-refractivity contribution is -0.137. The number of alkyl halides is 3. The van der Waals surface area contributed by atoms with Gasteiger partial charge >= 0.3 is 6.18 Å². The lowest BCUT2D eigenvalue weighted by Gasteiger charge is -2.44. The Labute approximate surface area is 194 Å². The average Bonchev–Trinajstić information content (AvgIpc) is 3.16. The highest BCUT2D eigenvalue weighted by Gasteiger charge is 2.43. The number of anilines is 1. The van der Waals surface area contributed by atoms with Gasteiger partial charge in [0.05, 0.1) is 28.0 Å². The largest absolute Gasteiger partial charge is 0.416 e. The van der Waals surface area contributed by atoms with Gasteiger partial charge in [-0.2, -0.15) is 18.3 Å². The smallest absolute Gasteiger partial charge is 0.333 e. The fourth-order valence-corrected chi connectivity index (χ4v) is 5.79. The standard InChI is InChI=1S/C26H24F4N4/c27-17-3-6-20-21-10-14-31-22-9-13-25(34(24(21)22)23(20)15-17)11-7-19(8-12-25)33-32-18-4-1-16(2-5-18)26(28,29)30/h1-7,11,15,22,31-32H,8-10,12-14H2/b33-19+/t22-,25+/m0/s1. The van der Waals surface area contributed by atoms with Crippen LogP contribution in [0.4, 0.5) is 23.2 Å². The summed E-state index contributed by atoms with van der Waals surface area (Å²) in [4.78, 5) is 0. The highest BCUT2D eigenvalue weighted by atomic mass is 19.4. The van der Waals surface area contributed by atoms with Crippen molar-refractivity contribution >= 4 is 22.3 Å². The zero-order chi connectivity index (χ0) is 23.5. The molecule has 1 aromatic heterocycles. The second kappa shape index (κ2) is 7.70. The molecule has 0 saturated heterocycles. The van der Waals surface area contributed by atoms with E-state index < -0.39 is 11.7 Å². The van der Waals surface area contributed by atoms with E-state index in [0.29, 0.717) is 12.1 Å². The summed E-state index contributed by atoms with van der Waals surface area (Å²) in [5.41, 5.74) is 6.85. The van der Waals surface area contributed by atoms with Crippen LogP contribution in [-0.2, 0) is 18.1 Å². The molecule has 4 nitrogen and oxygen atoms in total. The van der Waals surface area contributed by atoms with Crippen LogP contribution in [0.25, 0.3) is 10.9 Å². The van der Waals surface area contributed by atoms with Gasteiger partial charge in [-0.05, 0) is 92.8 Å². The molecule has 0 bridgehead atoms. The predicted octanol–water partition coefficient (Wildman–Crippen LogP) is 6.29. The van der Waals surface area contributed by atoms with Gasteiger partial charge in [-0.1, -0.05) is 6.08 Å². The fourth-order valence-electron chi connectivity index (χ4n) is 5.79. The summed E-state index contributed by atoms with van der Waals surface area (Å²) in [6.07, 6.45) is 4.27. The van der Waals surface area contributed by atoms with Gasteiger partial charge in [-0.25, -0.2) is 4.39 Å². The number of hydrogen-bond donors (Lipinski definition) is 2. The molecule has 0 unspecified atom stereocenters. The Morgan fingerprint density at radius 2 is 1.88 bits per heavy atom. The number of nitrogens with one attached hydrogen (secondary N) is 2. The molecule has 8 heteroatoms. The molecular formula is C26H24F4N4. The Kier molecular flexibility index (Phi) is 4.85. The fraction of sp³-hybridized carbons (Fsp3) is 0.346. The summed E-state index contributed by atoms with van der Waals surface area (Å²) in [5.74, 6) is -0.230. The second-order valence-corrected chi connectivity index (χ2v) is 9.38. The monoisotopic (exact) mass is 468 g/mol. The van der Waals surface area contributed by atoms with Crippen LogP contribution in [0, 0.1) is 5.82 Å². The molecule has 0 amide bonds. The van der Waals surface area contributed by atoms with Crippen molar-refractivity contribution in [3.8, 4) is 0 Å². The number of allylic oxidation sites excluding steroid dienone is 2. The summed E-state index contributed by atoms with van der Waals surface area (Å²) < 4.78 is 54.9. The normalized spacial score (nSPS) is 25.2. The molecule has 34 heavy (non-hydrogen) atoms. The molecule has 1 aliphatic carbocycles. The summed E-state index contributed by atoms with van der Waals surface area (Å²) in [5, 5.41) is 9.19. The number of fused-ring (bicyclic) bond motifs is 4. The molecule has 2 N–H and O–H groups in total. The van der Waals surface area contributed by atoms with Crippen LogP contribution in [-0.4, -0.2) is 16.8 Å². The van der Waals surface area contributed by atoms with Crippen LogP contribution in [0.15, 0.2) is 59.7 Å². The van der Waals surface area contributed by atoms with Crippen LogP contribution < -0.4 is 10.7 Å². The topological polar surface area (TPSA) is 41.4 Å². The van der Waals surface area contributed by atoms with Gasteiger partial charge in [0.15, 0.2) is 0 Å². The minimum Gasteiger partial charge on any atom is -0.333 e. The third-order valence-electron chi connectivity index (χ3n) is 7.42. The van der Waals surface area contributed by atoms with E-state index in [1.807, 2.05) is 12.1 Å². The van der Waals surface area contributed by atoms with Gasteiger partial charge in [0, 0.05) is 17.1 Å². The first-order valence-corrected chi connectivity index (χ1v) is 11.6. The molecular weight excluding hydrogens is 444 g/mol. The second-order valence-electron chi connectivity index (χ2n) is 9.38. The highest BCUT2D eigenvalue weighted by Crippen LogP contribution is 2.48. The molecule has 3 aliphatic rings. The Hall–Kier alpha value is -3.13. The Morgan fingerprint density at radius 3 is 2.62 bits per heavy atom. The molecule has 6 rings (SSSR count). The zero-order valence-corrected chi connectivity index (χ0v) is 18.4. The van der Waals surface area contributed by atoms with E-state index in [1.54, 1.807) is 12.1 Å². The van der Waals surface area contributed by atoms with E-state index in [1.165, 1.54) is 23.4 Å². The minimum atomic E-state index is -4.36. The lowest BCUT2D eigenvalue weighted by Crippen LogP contribution is -2.44. The number of benzene rings is 2. The maximum atomic E-state index is 14.3. The van der Waals surface area contributed by atoms with Crippen LogP contribution in [0.1, 0.15) is 48.5 Å². The maximum absolute atomic E-state index is 14.3. The molecule has 3 heterocycles. The third kappa shape index (κ3) is 3.43. The molecule has 176 valence electrons. The lowest BCUT2D eigenvalue weighted by atomic mass is 9.77. The van der Waals surface area contributed by atoms with Crippen LogP contribution in [0.3, 0.4) is 0 Å².